The summed E-state index contributed by atoms with van der Waals surface area (Å²) in [5, 5.41) is 18.2. The van der Waals surface area contributed by atoms with E-state index in [1.807, 2.05) is 42.4 Å². The number of allylic oxidation sites excluding steroid dienone is 1. The minimum atomic E-state index is -0.382. The number of hydrogen-bond acceptors (Lipinski definition) is 10. The van der Waals surface area contributed by atoms with Gasteiger partial charge in [-0.3, -0.25) is 20.4 Å². The number of carbonyl (C=O) groups is 1. The molecule has 2 aliphatic rings. The number of halogens is 1. The van der Waals surface area contributed by atoms with Gasteiger partial charge in [0.25, 0.3) is 0 Å². The van der Waals surface area contributed by atoms with E-state index in [2.05, 4.69) is 19.2 Å². The Bertz CT molecular complexity index is 1750. The average Bonchev–Trinajstić information content (AvgIpc) is 3.52. The van der Waals surface area contributed by atoms with Crippen LogP contribution in [-0.2, 0) is 23.6 Å². The number of imidazole rings is 1. The number of carbonyl (C=O) groups excluding carboxylic acids is 1. The first kappa shape index (κ1) is 29.8. The number of fused-ring (bicyclic) bond motifs is 1. The highest BCUT2D eigenvalue weighted by atomic mass is 32.2. The van der Waals surface area contributed by atoms with E-state index in [0.29, 0.717) is 42.1 Å². The molecule has 1 saturated heterocycles. The lowest BCUT2D eigenvalue weighted by Gasteiger charge is -2.32. The van der Waals surface area contributed by atoms with Crippen LogP contribution in [0.25, 0.3) is 11.0 Å². The summed E-state index contributed by atoms with van der Waals surface area (Å²) in [5.41, 5.74) is 4.15. The molecular formula is C31H34FN9O2S. The largest absolute Gasteiger partial charge is 0.465 e. The maximum Gasteiger partial charge on any atom is 0.337 e. The zero-order valence-electron chi connectivity index (χ0n) is 24.7. The summed E-state index contributed by atoms with van der Waals surface area (Å²) in [7, 11) is 1.38. The summed E-state index contributed by atoms with van der Waals surface area (Å²) in [6.45, 7) is 5.68. The zero-order chi connectivity index (χ0) is 30.8. The number of ether oxygens (including phenoxy) is 1. The van der Waals surface area contributed by atoms with Crippen LogP contribution in [0.1, 0.15) is 53.1 Å². The summed E-state index contributed by atoms with van der Waals surface area (Å²) < 4.78 is 23.6. The Morgan fingerprint density at radius 2 is 2.02 bits per heavy atom. The molecule has 44 heavy (non-hydrogen) atoms. The number of nitrogens with zero attached hydrogens (tertiary/aromatic N) is 8. The Morgan fingerprint density at radius 1 is 1.20 bits per heavy atom. The number of benzene rings is 2. The highest BCUT2D eigenvalue weighted by Gasteiger charge is 2.29. The third-order valence-corrected chi connectivity index (χ3v) is 9.20. The smallest absolute Gasteiger partial charge is 0.337 e. The molecule has 0 bridgehead atoms. The Labute approximate surface area is 259 Å². The fraction of sp³-hybridized carbons (Fsp3) is 0.355. The van der Waals surface area contributed by atoms with Crippen LogP contribution in [0.2, 0.25) is 0 Å². The van der Waals surface area contributed by atoms with Crippen molar-refractivity contribution in [2.45, 2.75) is 49.7 Å². The van der Waals surface area contributed by atoms with Crippen LogP contribution < -0.4 is 5.84 Å². The van der Waals surface area contributed by atoms with E-state index >= 15 is 0 Å². The normalized spacial score (nSPS) is 15.5. The van der Waals surface area contributed by atoms with Crippen molar-refractivity contribution in [1.82, 2.24) is 34.4 Å². The first-order valence-electron chi connectivity index (χ1n) is 14.5. The quantitative estimate of drug-likeness (QED) is 0.112. The van der Waals surface area contributed by atoms with Crippen LogP contribution in [0, 0.1) is 17.1 Å². The molecule has 228 valence electrons. The molecule has 2 aromatic carbocycles. The van der Waals surface area contributed by atoms with Gasteiger partial charge in [0.2, 0.25) is 0 Å². The van der Waals surface area contributed by atoms with Crippen molar-refractivity contribution < 1.29 is 13.9 Å². The highest BCUT2D eigenvalue weighted by molar-refractivity contribution is 7.98. The number of thioether (sulfide) groups is 1. The predicted molar refractivity (Wildman–Crippen MR) is 164 cm³/mol. The Morgan fingerprint density at radius 3 is 2.75 bits per heavy atom. The van der Waals surface area contributed by atoms with Gasteiger partial charge in [0.1, 0.15) is 11.6 Å². The molecule has 0 unspecified atom stereocenters. The van der Waals surface area contributed by atoms with Crippen molar-refractivity contribution in [3.8, 4) is 6.07 Å². The van der Waals surface area contributed by atoms with Crippen molar-refractivity contribution in [2.75, 3.05) is 26.7 Å². The number of aromatic nitrogens is 4. The second kappa shape index (κ2) is 12.8. The molecule has 13 heteroatoms. The number of methoxy groups -OCH3 is 1. The Kier molecular flexibility index (Phi) is 8.67. The van der Waals surface area contributed by atoms with Crippen LogP contribution in [0.3, 0.4) is 0 Å². The van der Waals surface area contributed by atoms with E-state index in [4.69, 9.17) is 20.8 Å². The molecule has 0 aliphatic carbocycles. The van der Waals surface area contributed by atoms with Gasteiger partial charge in [-0.2, -0.15) is 15.5 Å². The number of piperidine rings is 1. The summed E-state index contributed by atoms with van der Waals surface area (Å²) in [5.74, 6) is 6.73. The highest BCUT2D eigenvalue weighted by Crippen LogP contribution is 2.32. The molecule has 0 amide bonds. The Balaban J connectivity index is 1.13. The lowest BCUT2D eigenvalue weighted by molar-refractivity contribution is 0.0601. The Hall–Kier alpha value is -4.22. The zero-order valence-corrected chi connectivity index (χ0v) is 25.5. The third kappa shape index (κ3) is 6.20. The lowest BCUT2D eigenvalue weighted by Crippen LogP contribution is -2.37. The number of esters is 1. The summed E-state index contributed by atoms with van der Waals surface area (Å²) in [4.78, 5) is 19.6. The van der Waals surface area contributed by atoms with Gasteiger partial charge >= 0.3 is 5.97 Å². The van der Waals surface area contributed by atoms with Gasteiger partial charge in [0.15, 0.2) is 0 Å². The number of likely N-dealkylation sites (tertiary alicyclic amines) is 1. The number of hydrogen-bond donors (Lipinski definition) is 1. The molecule has 2 N–H and O–H groups in total. The van der Waals surface area contributed by atoms with E-state index in [-0.39, 0.29) is 17.8 Å². The van der Waals surface area contributed by atoms with E-state index in [9.17, 15) is 9.18 Å². The summed E-state index contributed by atoms with van der Waals surface area (Å²) in [6.07, 6.45) is 5.64. The number of nitriles is 1. The van der Waals surface area contributed by atoms with Crippen molar-refractivity contribution in [3.63, 3.8) is 0 Å². The number of rotatable bonds is 11. The molecule has 2 aliphatic heterocycles. The first-order chi connectivity index (χ1) is 21.4. The summed E-state index contributed by atoms with van der Waals surface area (Å²) >= 11 is 1.55. The molecule has 1 fully saturated rings. The monoisotopic (exact) mass is 615 g/mol. The predicted octanol–water partition coefficient (Wildman–Crippen LogP) is 4.43. The summed E-state index contributed by atoms with van der Waals surface area (Å²) in [6, 6.07) is 14.3. The van der Waals surface area contributed by atoms with Crippen LogP contribution in [0.5, 0.6) is 0 Å². The fourth-order valence-corrected chi connectivity index (χ4v) is 6.61. The van der Waals surface area contributed by atoms with Crippen molar-refractivity contribution in [1.29, 1.82) is 5.26 Å². The van der Waals surface area contributed by atoms with Gasteiger partial charge in [0.05, 0.1) is 71.4 Å². The lowest BCUT2D eigenvalue weighted by atomic mass is 10.1. The van der Waals surface area contributed by atoms with Crippen LogP contribution in [0.15, 0.2) is 65.6 Å². The van der Waals surface area contributed by atoms with Crippen LogP contribution >= 0.6 is 11.8 Å². The molecule has 4 heterocycles. The van der Waals surface area contributed by atoms with Crippen molar-refractivity contribution in [2.24, 2.45) is 5.84 Å². The maximum absolute atomic E-state index is 14.4. The van der Waals surface area contributed by atoms with Gasteiger partial charge < -0.3 is 9.30 Å². The SMILES string of the molecule is CCN(N)N1C=C1Cn1c(CN2CCC(n3nccc3SCc3ccc(C#N)cc3F)CC2)nc2ccc(C(=O)OC)cc21. The number of nitrogens with two attached hydrogens (primary N) is 1. The third-order valence-electron chi connectivity index (χ3n) is 8.13. The minimum absolute atomic E-state index is 0.241. The standard InChI is InChI=1S/C31H34FN9O2S/c1-3-40(34)39-18-25(39)17-38-28-15-22(31(42)43-2)6-7-27(28)36-29(38)19-37-12-9-24(10-13-37)41-30(8-11-35-41)44-20-23-5-4-21(16-33)14-26(23)32/h4-8,11,14-15,18,24H,3,9-10,12-13,17,19-20,34H2,1-2H3. The maximum atomic E-state index is 14.4. The van der Waals surface area contributed by atoms with Crippen LogP contribution in [0.4, 0.5) is 4.39 Å². The van der Waals surface area contributed by atoms with E-state index in [0.717, 1.165) is 53.5 Å². The topological polar surface area (TPSA) is 121 Å². The van der Waals surface area contributed by atoms with Crippen LogP contribution in [-0.4, -0.2) is 67.1 Å². The van der Waals surface area contributed by atoms with Gasteiger partial charge in [-0.05, 0) is 61.7 Å². The van der Waals surface area contributed by atoms with E-state index < -0.39 is 0 Å². The van der Waals surface area contributed by atoms with Gasteiger partial charge in [-0.15, -0.1) is 11.8 Å². The fourth-order valence-electron chi connectivity index (χ4n) is 5.59. The van der Waals surface area contributed by atoms with E-state index in [1.165, 1.54) is 13.2 Å². The van der Waals surface area contributed by atoms with Gasteiger partial charge in [-0.1, -0.05) is 6.07 Å². The molecule has 2 aromatic heterocycles. The van der Waals surface area contributed by atoms with Crippen molar-refractivity contribution in [3.05, 3.63) is 88.9 Å². The molecule has 4 aromatic rings. The second-order valence-corrected chi connectivity index (χ2v) is 11.9. The molecule has 0 radical (unpaired) electrons. The number of hydrazine groups is 2. The van der Waals surface area contributed by atoms with Gasteiger partial charge in [0, 0.05) is 31.6 Å². The molecule has 11 nitrogen and oxygen atoms in total. The molecular weight excluding hydrogens is 581 g/mol. The minimum Gasteiger partial charge on any atom is -0.465 e. The molecule has 6 rings (SSSR count). The molecule has 0 saturated carbocycles. The van der Waals surface area contributed by atoms with Gasteiger partial charge in [-0.25, -0.2) is 14.2 Å². The average molecular weight is 616 g/mol. The molecule has 0 atom stereocenters. The van der Waals surface area contributed by atoms with Crippen molar-refractivity contribution >= 4 is 28.8 Å². The van der Waals surface area contributed by atoms with E-state index in [1.54, 1.807) is 41.3 Å². The molecule has 0 spiro atoms. The first-order valence-corrected chi connectivity index (χ1v) is 15.5. The second-order valence-electron chi connectivity index (χ2n) is 10.9.